The summed E-state index contributed by atoms with van der Waals surface area (Å²) in [4.78, 5) is 15.0. The normalized spacial score (nSPS) is 10.8. The molecule has 19 heavy (non-hydrogen) atoms. The van der Waals surface area contributed by atoms with Crippen LogP contribution in [0, 0.1) is 5.82 Å². The molecular weight excluding hydrogens is 249 g/mol. The molecule has 3 aromatic rings. The number of fused-ring (bicyclic) bond motifs is 1. The lowest BCUT2D eigenvalue weighted by molar-refractivity contribution is 0.0697. The quantitative estimate of drug-likeness (QED) is 0.764. The first-order valence-corrected chi connectivity index (χ1v) is 5.52. The van der Waals surface area contributed by atoms with Gasteiger partial charge in [0.05, 0.1) is 5.56 Å². The second kappa shape index (κ2) is 4.20. The summed E-state index contributed by atoms with van der Waals surface area (Å²) in [7, 11) is 0. The summed E-state index contributed by atoms with van der Waals surface area (Å²) in [5.41, 5.74) is 0.922. The smallest absolute Gasteiger partial charge is 0.335 e. The average Bonchev–Trinajstić information content (AvgIpc) is 2.81. The number of rotatable bonds is 2. The number of halogens is 1. The number of benzene rings is 1. The van der Waals surface area contributed by atoms with Crippen LogP contribution in [-0.4, -0.2) is 16.1 Å². The Morgan fingerprint density at radius 1 is 1.21 bits per heavy atom. The van der Waals surface area contributed by atoms with Crippen LogP contribution in [0.1, 0.15) is 10.4 Å². The van der Waals surface area contributed by atoms with Crippen molar-refractivity contribution in [2.24, 2.45) is 0 Å². The van der Waals surface area contributed by atoms with Crippen LogP contribution in [0.2, 0.25) is 0 Å². The summed E-state index contributed by atoms with van der Waals surface area (Å²) < 4.78 is 18.5. The van der Waals surface area contributed by atoms with E-state index >= 15 is 0 Å². The topological polar surface area (TPSA) is 63.3 Å². The Labute approximate surface area is 107 Å². The van der Waals surface area contributed by atoms with E-state index in [1.165, 1.54) is 30.5 Å². The van der Waals surface area contributed by atoms with E-state index in [1.807, 2.05) is 0 Å². The highest BCUT2D eigenvalue weighted by atomic mass is 19.1. The Kier molecular flexibility index (Phi) is 2.52. The molecule has 5 heteroatoms. The summed E-state index contributed by atoms with van der Waals surface area (Å²) >= 11 is 0. The van der Waals surface area contributed by atoms with E-state index in [-0.39, 0.29) is 11.4 Å². The van der Waals surface area contributed by atoms with Crippen molar-refractivity contribution in [3.63, 3.8) is 0 Å². The molecule has 1 aromatic carbocycles. The Balaban J connectivity index is 2.13. The molecule has 94 valence electrons. The fourth-order valence-corrected chi connectivity index (χ4v) is 1.83. The van der Waals surface area contributed by atoms with Gasteiger partial charge in [0.1, 0.15) is 17.1 Å². The molecule has 0 saturated carbocycles. The molecule has 0 amide bonds. The number of carboxylic acids is 1. The minimum atomic E-state index is -1.04. The highest BCUT2D eigenvalue weighted by molar-refractivity contribution is 5.89. The molecule has 0 fully saturated rings. The second-order valence-corrected chi connectivity index (χ2v) is 4.03. The third kappa shape index (κ3) is 2.06. The Hall–Kier alpha value is -2.69. The van der Waals surface area contributed by atoms with Crippen molar-refractivity contribution >= 4 is 16.9 Å². The van der Waals surface area contributed by atoms with Crippen LogP contribution in [0.25, 0.3) is 22.4 Å². The molecule has 4 nitrogen and oxygen atoms in total. The third-order valence-electron chi connectivity index (χ3n) is 2.74. The molecule has 1 N–H and O–H groups in total. The van der Waals surface area contributed by atoms with Crippen LogP contribution >= 0.6 is 0 Å². The molecule has 0 unspecified atom stereocenters. The number of furan rings is 1. The zero-order valence-electron chi connectivity index (χ0n) is 9.63. The van der Waals surface area contributed by atoms with Crippen LogP contribution in [0.5, 0.6) is 0 Å². The van der Waals surface area contributed by atoms with Gasteiger partial charge in [0.15, 0.2) is 5.76 Å². The number of pyridine rings is 1. The van der Waals surface area contributed by atoms with E-state index in [0.717, 1.165) is 5.39 Å². The van der Waals surface area contributed by atoms with Crippen LogP contribution in [0.15, 0.2) is 47.0 Å². The largest absolute Gasteiger partial charge is 0.478 e. The van der Waals surface area contributed by atoms with Crippen molar-refractivity contribution in [3.05, 3.63) is 54.0 Å². The average molecular weight is 257 g/mol. The molecule has 0 radical (unpaired) electrons. The number of aromatic nitrogens is 1. The van der Waals surface area contributed by atoms with E-state index in [1.54, 1.807) is 12.1 Å². The van der Waals surface area contributed by atoms with Gasteiger partial charge in [-0.2, -0.15) is 0 Å². The predicted octanol–water partition coefficient (Wildman–Crippen LogP) is 3.33. The molecule has 2 aromatic heterocycles. The maximum Gasteiger partial charge on any atom is 0.335 e. The van der Waals surface area contributed by atoms with Crippen molar-refractivity contribution in [3.8, 4) is 11.5 Å². The number of nitrogens with zero attached hydrogens (tertiary/aromatic N) is 1. The van der Waals surface area contributed by atoms with Crippen LogP contribution in [0.3, 0.4) is 0 Å². The van der Waals surface area contributed by atoms with Crippen molar-refractivity contribution in [2.75, 3.05) is 0 Å². The highest BCUT2D eigenvalue weighted by Crippen LogP contribution is 2.27. The van der Waals surface area contributed by atoms with Crippen molar-refractivity contribution in [1.29, 1.82) is 0 Å². The summed E-state index contributed by atoms with van der Waals surface area (Å²) in [6, 6.07) is 8.72. The first-order valence-electron chi connectivity index (χ1n) is 5.52. The van der Waals surface area contributed by atoms with Gasteiger partial charge in [-0.15, -0.1) is 0 Å². The van der Waals surface area contributed by atoms with Gasteiger partial charge >= 0.3 is 5.97 Å². The maximum atomic E-state index is 13.1. The van der Waals surface area contributed by atoms with Crippen molar-refractivity contribution in [2.45, 2.75) is 0 Å². The summed E-state index contributed by atoms with van der Waals surface area (Å²) in [5, 5.41) is 9.66. The van der Waals surface area contributed by atoms with Gasteiger partial charge in [0.2, 0.25) is 0 Å². The van der Waals surface area contributed by atoms with E-state index in [4.69, 9.17) is 9.52 Å². The number of hydrogen-bond acceptors (Lipinski definition) is 3. The molecule has 0 aliphatic carbocycles. The summed E-state index contributed by atoms with van der Waals surface area (Å²) in [6.45, 7) is 0. The van der Waals surface area contributed by atoms with Crippen LogP contribution in [-0.2, 0) is 0 Å². The molecule has 0 spiro atoms. The van der Waals surface area contributed by atoms with E-state index in [9.17, 15) is 9.18 Å². The fourth-order valence-electron chi connectivity index (χ4n) is 1.83. The monoisotopic (exact) mass is 257 g/mol. The molecular formula is C14H8FNO3. The second-order valence-electron chi connectivity index (χ2n) is 4.03. The van der Waals surface area contributed by atoms with Crippen molar-refractivity contribution in [1.82, 2.24) is 4.98 Å². The molecule has 0 bridgehead atoms. The molecule has 0 aliphatic heterocycles. The molecule has 2 heterocycles. The van der Waals surface area contributed by atoms with Crippen molar-refractivity contribution < 1.29 is 18.7 Å². The van der Waals surface area contributed by atoms with Gasteiger partial charge in [-0.25, -0.2) is 9.18 Å². The summed E-state index contributed by atoms with van der Waals surface area (Å²) in [5.74, 6) is -1.02. The zero-order chi connectivity index (χ0) is 13.4. The lowest BCUT2D eigenvalue weighted by Crippen LogP contribution is -1.96. The van der Waals surface area contributed by atoms with E-state index in [2.05, 4.69) is 4.98 Å². The summed E-state index contributed by atoms with van der Waals surface area (Å²) in [6.07, 6.45) is 1.40. The van der Waals surface area contributed by atoms with Gasteiger partial charge in [-0.1, -0.05) is 0 Å². The molecule has 0 saturated heterocycles. The third-order valence-corrected chi connectivity index (χ3v) is 2.74. The van der Waals surface area contributed by atoms with Gasteiger partial charge in [0, 0.05) is 17.6 Å². The number of hydrogen-bond donors (Lipinski definition) is 1. The highest BCUT2D eigenvalue weighted by Gasteiger charge is 2.10. The SMILES string of the molecule is O=C(O)c1ccnc(-c2cc3ccc(F)cc3o2)c1. The van der Waals surface area contributed by atoms with E-state index < -0.39 is 5.97 Å². The molecule has 0 atom stereocenters. The number of carboxylic acid groups (broad SMARTS) is 1. The van der Waals surface area contributed by atoms with Gasteiger partial charge < -0.3 is 9.52 Å². The van der Waals surface area contributed by atoms with E-state index in [0.29, 0.717) is 17.0 Å². The number of aromatic carboxylic acids is 1. The molecule has 0 aliphatic rings. The van der Waals surface area contributed by atoms with Crippen LogP contribution < -0.4 is 0 Å². The first kappa shape index (κ1) is 11.4. The minimum Gasteiger partial charge on any atom is -0.478 e. The lowest BCUT2D eigenvalue weighted by atomic mass is 10.2. The maximum absolute atomic E-state index is 13.1. The van der Waals surface area contributed by atoms with Gasteiger partial charge in [0.25, 0.3) is 0 Å². The molecule has 3 rings (SSSR count). The predicted molar refractivity (Wildman–Crippen MR) is 66.4 cm³/mol. The Morgan fingerprint density at radius 2 is 2.05 bits per heavy atom. The standard InChI is InChI=1S/C14H8FNO3/c15-10-2-1-8-6-13(19-12(8)7-10)11-5-9(14(17)18)3-4-16-11/h1-7H,(H,17,18). The Morgan fingerprint density at radius 3 is 2.84 bits per heavy atom. The fraction of sp³-hybridized carbons (Fsp3) is 0. The van der Waals surface area contributed by atoms with Gasteiger partial charge in [-0.05, 0) is 30.3 Å². The van der Waals surface area contributed by atoms with Crippen LogP contribution in [0.4, 0.5) is 4.39 Å². The first-order chi connectivity index (χ1) is 9.13. The minimum absolute atomic E-state index is 0.122. The number of carbonyl (C=O) groups is 1. The zero-order valence-corrected chi connectivity index (χ0v) is 9.63. The Bertz CT molecular complexity index is 779. The lowest BCUT2D eigenvalue weighted by Gasteiger charge is -1.97. The van der Waals surface area contributed by atoms with Gasteiger partial charge in [-0.3, -0.25) is 4.98 Å².